The predicted molar refractivity (Wildman–Crippen MR) is 82.8 cm³/mol. The van der Waals surface area contributed by atoms with E-state index in [1.54, 1.807) is 26.3 Å². The van der Waals surface area contributed by atoms with Crippen molar-refractivity contribution in [3.63, 3.8) is 0 Å². The summed E-state index contributed by atoms with van der Waals surface area (Å²) in [5.74, 6) is 5.98. The summed E-state index contributed by atoms with van der Waals surface area (Å²) in [5, 5.41) is 0.183. The molecule has 1 heterocycles. The first kappa shape index (κ1) is 15.1. The lowest BCUT2D eigenvalue weighted by molar-refractivity contribution is 0.0992. The second-order valence-electron chi connectivity index (χ2n) is 4.24. The number of anilines is 2. The van der Waals surface area contributed by atoms with Crippen molar-refractivity contribution in [2.45, 2.75) is 0 Å². The van der Waals surface area contributed by atoms with Crippen LogP contribution in [-0.4, -0.2) is 25.0 Å². The highest BCUT2D eigenvalue weighted by molar-refractivity contribution is 6.30. The molecular weight excluding hydrogens is 292 g/mol. The number of hydrogen-bond acceptors (Lipinski definition) is 5. The van der Waals surface area contributed by atoms with Gasteiger partial charge in [-0.15, -0.1) is 0 Å². The van der Waals surface area contributed by atoms with Crippen LogP contribution in [0.1, 0.15) is 10.4 Å². The lowest BCUT2D eigenvalue weighted by Gasteiger charge is -2.20. The van der Waals surface area contributed by atoms with Crippen molar-refractivity contribution in [3.05, 3.63) is 47.1 Å². The van der Waals surface area contributed by atoms with Crippen LogP contribution in [0.4, 0.5) is 11.5 Å². The van der Waals surface area contributed by atoms with Crippen LogP contribution in [0.15, 0.2) is 36.4 Å². The van der Waals surface area contributed by atoms with Crippen molar-refractivity contribution in [1.82, 2.24) is 4.98 Å². The van der Waals surface area contributed by atoms with Crippen molar-refractivity contribution in [3.8, 4) is 5.75 Å². The molecule has 2 rings (SSSR count). The number of ether oxygens (including phenoxy) is 1. The zero-order valence-corrected chi connectivity index (χ0v) is 12.4. The summed E-state index contributed by atoms with van der Waals surface area (Å²) in [6.07, 6.45) is 0. The van der Waals surface area contributed by atoms with E-state index in [1.165, 1.54) is 17.0 Å². The standard InChI is InChI=1S/C14H15ClN4O2/c1-19(10-5-3-4-6-11(10)21-2)14(20)9-7-12(15)17-13(8-9)18-16/h3-8H,16H2,1-2H3,(H,17,18). The molecule has 21 heavy (non-hydrogen) atoms. The first-order chi connectivity index (χ1) is 10.1. The Bertz CT molecular complexity index is 663. The van der Waals surface area contributed by atoms with Gasteiger partial charge in [0, 0.05) is 12.6 Å². The van der Waals surface area contributed by atoms with Gasteiger partial charge in [-0.3, -0.25) is 4.79 Å². The van der Waals surface area contributed by atoms with E-state index in [1.807, 2.05) is 12.1 Å². The molecule has 0 atom stereocenters. The molecule has 3 N–H and O–H groups in total. The van der Waals surface area contributed by atoms with Crippen LogP contribution in [0, 0.1) is 0 Å². The van der Waals surface area contributed by atoms with Gasteiger partial charge in [0.2, 0.25) is 0 Å². The van der Waals surface area contributed by atoms with Gasteiger partial charge in [0.1, 0.15) is 16.7 Å². The normalized spacial score (nSPS) is 10.1. The van der Waals surface area contributed by atoms with Crippen LogP contribution in [0.2, 0.25) is 5.15 Å². The fourth-order valence-corrected chi connectivity index (χ4v) is 2.11. The minimum Gasteiger partial charge on any atom is -0.495 e. The summed E-state index contributed by atoms with van der Waals surface area (Å²) in [6.45, 7) is 0. The van der Waals surface area contributed by atoms with Gasteiger partial charge in [0.25, 0.3) is 5.91 Å². The largest absolute Gasteiger partial charge is 0.495 e. The topological polar surface area (TPSA) is 80.5 Å². The highest BCUT2D eigenvalue weighted by atomic mass is 35.5. The smallest absolute Gasteiger partial charge is 0.258 e. The zero-order valence-electron chi connectivity index (χ0n) is 11.6. The second kappa shape index (κ2) is 6.43. The molecule has 1 amide bonds. The van der Waals surface area contributed by atoms with E-state index in [9.17, 15) is 4.79 Å². The second-order valence-corrected chi connectivity index (χ2v) is 4.63. The Morgan fingerprint density at radius 3 is 2.76 bits per heavy atom. The molecule has 0 aliphatic carbocycles. The molecule has 1 aromatic carbocycles. The number of nitrogen functional groups attached to an aromatic ring is 1. The number of hydrazine groups is 1. The number of methoxy groups -OCH3 is 1. The molecule has 0 unspecified atom stereocenters. The number of aromatic nitrogens is 1. The van der Waals surface area contributed by atoms with Gasteiger partial charge >= 0.3 is 0 Å². The third kappa shape index (κ3) is 3.24. The zero-order chi connectivity index (χ0) is 15.4. The molecule has 0 fully saturated rings. The van der Waals surface area contributed by atoms with Gasteiger partial charge in [-0.25, -0.2) is 10.8 Å². The van der Waals surface area contributed by atoms with Crippen molar-refractivity contribution in [2.24, 2.45) is 5.84 Å². The van der Waals surface area contributed by atoms with Crippen LogP contribution < -0.4 is 20.9 Å². The molecule has 0 aliphatic rings. The summed E-state index contributed by atoms with van der Waals surface area (Å²) in [5.41, 5.74) is 3.40. The van der Waals surface area contributed by atoms with Crippen molar-refractivity contribution in [1.29, 1.82) is 0 Å². The minimum atomic E-state index is -0.250. The van der Waals surface area contributed by atoms with E-state index in [0.717, 1.165) is 0 Å². The third-order valence-corrected chi connectivity index (χ3v) is 3.13. The third-order valence-electron chi connectivity index (χ3n) is 2.94. The SMILES string of the molecule is COc1ccccc1N(C)C(=O)c1cc(Cl)nc(NN)c1. The van der Waals surface area contributed by atoms with E-state index >= 15 is 0 Å². The number of amides is 1. The Balaban J connectivity index is 2.37. The van der Waals surface area contributed by atoms with Crippen LogP contribution in [-0.2, 0) is 0 Å². The number of nitrogens with two attached hydrogens (primary N) is 1. The first-order valence-electron chi connectivity index (χ1n) is 6.12. The van der Waals surface area contributed by atoms with E-state index < -0.39 is 0 Å². The molecule has 6 nitrogen and oxygen atoms in total. The van der Waals surface area contributed by atoms with Crippen LogP contribution in [0.25, 0.3) is 0 Å². The van der Waals surface area contributed by atoms with Crippen LogP contribution >= 0.6 is 11.6 Å². The van der Waals surface area contributed by atoms with Gasteiger partial charge in [0.15, 0.2) is 0 Å². The van der Waals surface area contributed by atoms with E-state index in [4.69, 9.17) is 22.2 Å². The van der Waals surface area contributed by atoms with Gasteiger partial charge in [0.05, 0.1) is 12.8 Å². The van der Waals surface area contributed by atoms with Crippen molar-refractivity contribution < 1.29 is 9.53 Å². The molecule has 0 radical (unpaired) electrons. The summed E-state index contributed by atoms with van der Waals surface area (Å²) >= 11 is 5.88. The number of rotatable bonds is 4. The summed E-state index contributed by atoms with van der Waals surface area (Å²) in [6, 6.07) is 10.2. The van der Waals surface area contributed by atoms with Crippen LogP contribution in [0.5, 0.6) is 5.75 Å². The molecule has 0 aliphatic heterocycles. The Morgan fingerprint density at radius 1 is 1.38 bits per heavy atom. The van der Waals surface area contributed by atoms with Crippen molar-refractivity contribution >= 4 is 29.0 Å². The maximum atomic E-state index is 12.5. The maximum Gasteiger partial charge on any atom is 0.258 e. The molecular formula is C14H15ClN4O2. The maximum absolute atomic E-state index is 12.5. The monoisotopic (exact) mass is 306 g/mol. The van der Waals surface area contributed by atoms with Crippen molar-refractivity contribution in [2.75, 3.05) is 24.5 Å². The lowest BCUT2D eigenvalue weighted by Crippen LogP contribution is -2.27. The number of nitrogens with one attached hydrogen (secondary N) is 1. The summed E-state index contributed by atoms with van der Waals surface area (Å²) in [4.78, 5) is 18.0. The molecule has 0 bridgehead atoms. The highest BCUT2D eigenvalue weighted by Gasteiger charge is 2.18. The van der Waals surface area contributed by atoms with E-state index in [2.05, 4.69) is 10.4 Å². The molecule has 2 aromatic rings. The minimum absolute atomic E-state index is 0.183. The number of carbonyl (C=O) groups is 1. The number of pyridine rings is 1. The lowest BCUT2D eigenvalue weighted by atomic mass is 10.2. The molecule has 0 spiro atoms. The number of nitrogens with zero attached hydrogens (tertiary/aromatic N) is 2. The highest BCUT2D eigenvalue weighted by Crippen LogP contribution is 2.28. The van der Waals surface area contributed by atoms with E-state index in [-0.39, 0.29) is 11.1 Å². The fraction of sp³-hybridized carbons (Fsp3) is 0.143. The number of para-hydroxylation sites is 2. The van der Waals surface area contributed by atoms with Gasteiger partial charge < -0.3 is 15.1 Å². The van der Waals surface area contributed by atoms with E-state index in [0.29, 0.717) is 22.8 Å². The average molecular weight is 307 g/mol. The Labute approximate surface area is 127 Å². The molecule has 0 saturated heterocycles. The Hall–Kier alpha value is -2.31. The van der Waals surface area contributed by atoms with Gasteiger partial charge in [-0.1, -0.05) is 23.7 Å². The number of carbonyl (C=O) groups excluding carboxylic acids is 1. The van der Waals surface area contributed by atoms with Gasteiger partial charge in [-0.2, -0.15) is 0 Å². The Kier molecular flexibility index (Phi) is 4.62. The fourth-order valence-electron chi connectivity index (χ4n) is 1.90. The summed E-state index contributed by atoms with van der Waals surface area (Å²) < 4.78 is 5.26. The number of benzene rings is 1. The van der Waals surface area contributed by atoms with Crippen LogP contribution in [0.3, 0.4) is 0 Å². The number of halogens is 1. The molecule has 1 aromatic heterocycles. The molecule has 7 heteroatoms. The summed E-state index contributed by atoms with van der Waals surface area (Å²) in [7, 11) is 3.21. The molecule has 0 saturated carbocycles. The first-order valence-corrected chi connectivity index (χ1v) is 6.50. The predicted octanol–water partition coefficient (Wildman–Crippen LogP) is 2.31. The number of hydrogen-bond donors (Lipinski definition) is 2. The quantitative estimate of drug-likeness (QED) is 0.515. The van der Waals surface area contributed by atoms with Gasteiger partial charge in [-0.05, 0) is 24.3 Å². The average Bonchev–Trinajstić information content (AvgIpc) is 2.52. The molecule has 110 valence electrons. The Morgan fingerprint density at radius 2 is 2.10 bits per heavy atom.